The largest absolute Gasteiger partial charge is 0.549 e. The molecule has 0 radical (unpaired) electrons. The summed E-state index contributed by atoms with van der Waals surface area (Å²) in [5.41, 5.74) is 0.166. The number of β-lactam (4-membered cyclic amide) rings is 1. The number of amides is 2. The monoisotopic (exact) mass is 392 g/mol. The molecule has 2 heterocycles. The number of aliphatic carboxylic acids is 2. The molecule has 0 aliphatic carbocycles. The molecule has 0 unspecified atom stereocenters. The summed E-state index contributed by atoms with van der Waals surface area (Å²) < 4.78 is 11.4. The molecular formula is C17H16N2O7S-2. The first kappa shape index (κ1) is 19.0. The van der Waals surface area contributed by atoms with Gasteiger partial charge in [-0.1, -0.05) is 30.3 Å². The lowest BCUT2D eigenvalue weighted by Gasteiger charge is -2.44. The Kier molecular flexibility index (Phi) is 4.54. The molecule has 1 aromatic rings. The highest BCUT2D eigenvalue weighted by atomic mass is 32.2. The lowest BCUT2D eigenvalue weighted by atomic mass is 9.94. The molecule has 2 saturated heterocycles. The Hall–Kier alpha value is -2.75. The van der Waals surface area contributed by atoms with E-state index >= 15 is 0 Å². The van der Waals surface area contributed by atoms with Gasteiger partial charge in [-0.15, -0.1) is 0 Å². The highest BCUT2D eigenvalue weighted by molar-refractivity contribution is 7.87. The number of fused-ring (bicyclic) bond motifs is 1. The van der Waals surface area contributed by atoms with Crippen molar-refractivity contribution < 1.29 is 33.6 Å². The van der Waals surface area contributed by atoms with Crippen LogP contribution in [0.2, 0.25) is 0 Å². The zero-order valence-electron chi connectivity index (χ0n) is 14.4. The van der Waals surface area contributed by atoms with Gasteiger partial charge < -0.3 is 30.0 Å². The highest BCUT2D eigenvalue weighted by Crippen LogP contribution is 2.43. The zero-order valence-corrected chi connectivity index (χ0v) is 15.2. The minimum Gasteiger partial charge on any atom is -0.549 e. The van der Waals surface area contributed by atoms with Crippen LogP contribution in [0.3, 0.4) is 0 Å². The summed E-state index contributed by atoms with van der Waals surface area (Å²) in [6.07, 6.45) is 0. The molecule has 2 aliphatic rings. The molecule has 1 aromatic carbocycles. The van der Waals surface area contributed by atoms with Gasteiger partial charge in [-0.25, -0.2) is 0 Å². The molecular weight excluding hydrogens is 376 g/mol. The van der Waals surface area contributed by atoms with Gasteiger partial charge >= 0.3 is 0 Å². The molecule has 144 valence electrons. The SMILES string of the molecule is CC1(C)[C@H](C(=O)[O-])N2C(=O)[C@@H](NC(=O)[C@H](C(=O)[O-])c3ccccc3)[C@@H]2[S@]1=O. The van der Waals surface area contributed by atoms with Gasteiger partial charge in [0.15, 0.2) is 0 Å². The quantitative estimate of drug-likeness (QED) is 0.411. The lowest BCUT2D eigenvalue weighted by molar-refractivity contribution is -0.312. The van der Waals surface area contributed by atoms with Gasteiger partial charge in [-0.05, 0) is 19.4 Å². The van der Waals surface area contributed by atoms with E-state index in [0.717, 1.165) is 4.90 Å². The first-order chi connectivity index (χ1) is 12.6. The van der Waals surface area contributed by atoms with Gasteiger partial charge in [0.25, 0.3) is 0 Å². The maximum atomic E-state index is 12.7. The van der Waals surface area contributed by atoms with Crippen molar-refractivity contribution in [3.63, 3.8) is 0 Å². The second-order valence-corrected chi connectivity index (χ2v) is 9.04. The molecule has 2 aliphatic heterocycles. The lowest BCUT2D eigenvalue weighted by Crippen LogP contribution is -2.72. The normalized spacial score (nSPS) is 29.4. The molecule has 0 aromatic heterocycles. The number of carbonyl (C=O) groups is 4. The van der Waals surface area contributed by atoms with Crippen LogP contribution in [0.25, 0.3) is 0 Å². The molecule has 2 fully saturated rings. The standard InChI is InChI=1S/C17H18N2O7S/c1-17(2)11(16(24)25)19-13(21)10(14(19)27(17)26)18-12(20)9(15(22)23)8-6-4-3-5-7-8/h3-7,9-11,14H,1-2H3,(H,18,20)(H,22,23)(H,24,25)/p-2/t9-,10-,11+,14+,27-/m1/s1. The van der Waals surface area contributed by atoms with Crippen LogP contribution in [0.15, 0.2) is 30.3 Å². The molecule has 0 spiro atoms. The summed E-state index contributed by atoms with van der Waals surface area (Å²) in [6, 6.07) is 4.94. The molecule has 27 heavy (non-hydrogen) atoms. The minimum absolute atomic E-state index is 0.166. The third kappa shape index (κ3) is 2.80. The number of hydrogen-bond acceptors (Lipinski definition) is 7. The molecule has 10 heteroatoms. The molecule has 0 bridgehead atoms. The number of benzene rings is 1. The van der Waals surface area contributed by atoms with Gasteiger partial charge in [0.2, 0.25) is 11.8 Å². The van der Waals surface area contributed by atoms with E-state index in [0.29, 0.717) is 0 Å². The third-order valence-electron chi connectivity index (χ3n) is 4.91. The summed E-state index contributed by atoms with van der Waals surface area (Å²) in [5.74, 6) is -6.58. The van der Waals surface area contributed by atoms with Gasteiger partial charge in [0.1, 0.15) is 17.3 Å². The maximum Gasteiger partial charge on any atom is 0.249 e. The average molecular weight is 392 g/mol. The Morgan fingerprint density at radius 1 is 1.19 bits per heavy atom. The third-order valence-corrected chi connectivity index (χ3v) is 7.10. The smallest absolute Gasteiger partial charge is 0.249 e. The van der Waals surface area contributed by atoms with E-state index in [9.17, 15) is 33.6 Å². The molecule has 0 saturated carbocycles. The topological polar surface area (TPSA) is 147 Å². The number of rotatable bonds is 5. The van der Waals surface area contributed by atoms with E-state index in [2.05, 4.69) is 5.32 Å². The van der Waals surface area contributed by atoms with Crippen molar-refractivity contribution in [3.8, 4) is 0 Å². The summed E-state index contributed by atoms with van der Waals surface area (Å²) >= 11 is 0. The maximum absolute atomic E-state index is 12.7. The van der Waals surface area contributed by atoms with Crippen LogP contribution >= 0.6 is 0 Å². The van der Waals surface area contributed by atoms with Crippen LogP contribution < -0.4 is 15.5 Å². The van der Waals surface area contributed by atoms with Crippen LogP contribution in [-0.2, 0) is 30.0 Å². The first-order valence-corrected chi connectivity index (χ1v) is 9.30. The second-order valence-electron chi connectivity index (χ2n) is 6.91. The van der Waals surface area contributed by atoms with Crippen molar-refractivity contribution in [2.45, 2.75) is 42.0 Å². The minimum atomic E-state index is -1.80. The van der Waals surface area contributed by atoms with E-state index in [1.165, 1.54) is 26.0 Å². The second kappa shape index (κ2) is 6.45. The molecule has 5 atom stereocenters. The van der Waals surface area contributed by atoms with Gasteiger partial charge in [-0.2, -0.15) is 0 Å². The van der Waals surface area contributed by atoms with E-state index < -0.39 is 62.7 Å². The van der Waals surface area contributed by atoms with Crippen LogP contribution in [0, 0.1) is 0 Å². The van der Waals surface area contributed by atoms with Crippen LogP contribution in [0.1, 0.15) is 25.3 Å². The Morgan fingerprint density at radius 2 is 1.78 bits per heavy atom. The molecule has 2 amide bonds. The zero-order chi connectivity index (χ0) is 20.1. The van der Waals surface area contributed by atoms with Gasteiger partial charge in [0, 0.05) is 0 Å². The molecule has 3 rings (SSSR count). The van der Waals surface area contributed by atoms with Crippen LogP contribution in [0.5, 0.6) is 0 Å². The van der Waals surface area contributed by atoms with Crippen molar-refractivity contribution in [1.82, 2.24) is 10.2 Å². The van der Waals surface area contributed by atoms with Crippen molar-refractivity contribution in [2.24, 2.45) is 0 Å². The van der Waals surface area contributed by atoms with Crippen molar-refractivity contribution >= 4 is 34.6 Å². The van der Waals surface area contributed by atoms with E-state index in [1.807, 2.05) is 0 Å². The van der Waals surface area contributed by atoms with E-state index in [-0.39, 0.29) is 5.56 Å². The molecule has 1 N–H and O–H groups in total. The Balaban J connectivity index is 1.84. The number of hydrogen-bond donors (Lipinski definition) is 1. The molecule has 9 nitrogen and oxygen atoms in total. The Labute approximate surface area is 156 Å². The first-order valence-electron chi connectivity index (χ1n) is 8.09. The number of carboxylic acids is 2. The average Bonchev–Trinajstić information content (AvgIpc) is 2.78. The summed E-state index contributed by atoms with van der Waals surface area (Å²) in [4.78, 5) is 48.6. The van der Waals surface area contributed by atoms with E-state index in [1.54, 1.807) is 18.2 Å². The van der Waals surface area contributed by atoms with Crippen molar-refractivity contribution in [1.29, 1.82) is 0 Å². The van der Waals surface area contributed by atoms with Crippen LogP contribution in [-0.4, -0.2) is 55.1 Å². The number of nitrogens with one attached hydrogen (secondary N) is 1. The Morgan fingerprint density at radius 3 is 2.30 bits per heavy atom. The summed E-state index contributed by atoms with van der Waals surface area (Å²) in [7, 11) is -1.80. The fourth-order valence-electron chi connectivity index (χ4n) is 3.55. The van der Waals surface area contributed by atoms with Crippen LogP contribution in [0.4, 0.5) is 0 Å². The number of carbonyl (C=O) groups excluding carboxylic acids is 4. The predicted molar refractivity (Wildman–Crippen MR) is 87.8 cm³/mol. The van der Waals surface area contributed by atoms with Gasteiger partial charge in [0.05, 0.1) is 33.5 Å². The summed E-state index contributed by atoms with van der Waals surface area (Å²) in [6.45, 7) is 2.87. The number of nitrogens with zero attached hydrogens (tertiary/aromatic N) is 1. The van der Waals surface area contributed by atoms with E-state index in [4.69, 9.17) is 0 Å². The van der Waals surface area contributed by atoms with Crippen molar-refractivity contribution in [2.75, 3.05) is 0 Å². The highest BCUT2D eigenvalue weighted by Gasteiger charge is 2.66. The number of carboxylic acid groups (broad SMARTS) is 2. The Bertz CT molecular complexity index is 854. The predicted octanol–water partition coefficient (Wildman–Crippen LogP) is -3.17. The van der Waals surface area contributed by atoms with Gasteiger partial charge in [-0.3, -0.25) is 13.8 Å². The van der Waals surface area contributed by atoms with Crippen molar-refractivity contribution in [3.05, 3.63) is 35.9 Å². The summed E-state index contributed by atoms with van der Waals surface area (Å²) in [5, 5.41) is 24.1. The fraction of sp³-hybridized carbons (Fsp3) is 0.412. The fourth-order valence-corrected chi connectivity index (χ4v) is 5.47.